The lowest BCUT2D eigenvalue weighted by Gasteiger charge is -2.29. The summed E-state index contributed by atoms with van der Waals surface area (Å²) in [4.78, 5) is 15.2. The van der Waals surface area contributed by atoms with Crippen molar-refractivity contribution in [2.45, 2.75) is 70.8 Å². The number of piperidine rings is 1. The van der Waals surface area contributed by atoms with Crippen molar-refractivity contribution in [1.29, 1.82) is 0 Å². The third kappa shape index (κ3) is 3.62. The molecular weight excluding hydrogens is 308 g/mol. The van der Waals surface area contributed by atoms with Crippen molar-refractivity contribution in [3.63, 3.8) is 0 Å². The number of hydrogen-bond acceptors (Lipinski definition) is 2. The van der Waals surface area contributed by atoms with Gasteiger partial charge in [0.25, 0.3) is 0 Å². The normalized spacial score (nSPS) is 27.3. The van der Waals surface area contributed by atoms with Crippen molar-refractivity contribution in [3.05, 3.63) is 29.3 Å². The Morgan fingerprint density at radius 2 is 2.00 bits per heavy atom. The highest BCUT2D eigenvalue weighted by Gasteiger charge is 2.35. The van der Waals surface area contributed by atoms with E-state index >= 15 is 0 Å². The molecule has 0 aromatic heterocycles. The van der Waals surface area contributed by atoms with E-state index in [1.54, 1.807) is 0 Å². The zero-order valence-corrected chi connectivity index (χ0v) is 15.6. The average Bonchev–Trinajstić information content (AvgIpc) is 2.97. The maximum atomic E-state index is 13.1. The lowest BCUT2D eigenvalue weighted by atomic mass is 9.88. The Hall–Kier alpha value is -1.35. The van der Waals surface area contributed by atoms with Crippen LogP contribution < -0.4 is 10.2 Å². The first-order chi connectivity index (χ1) is 12.2. The summed E-state index contributed by atoms with van der Waals surface area (Å²) < 4.78 is 0. The summed E-state index contributed by atoms with van der Waals surface area (Å²) in [6.07, 6.45) is 10.8. The Balaban J connectivity index is 1.49. The fourth-order valence-corrected chi connectivity index (χ4v) is 5.13. The van der Waals surface area contributed by atoms with E-state index in [2.05, 4.69) is 35.3 Å². The molecule has 0 spiro atoms. The van der Waals surface area contributed by atoms with Gasteiger partial charge in [-0.1, -0.05) is 31.4 Å². The van der Waals surface area contributed by atoms with E-state index in [9.17, 15) is 4.79 Å². The molecule has 3 aliphatic rings. The molecule has 2 atom stereocenters. The summed E-state index contributed by atoms with van der Waals surface area (Å²) in [5.41, 5.74) is 4.03. The average molecular weight is 341 g/mol. The van der Waals surface area contributed by atoms with Gasteiger partial charge in [0, 0.05) is 17.6 Å². The number of nitrogens with one attached hydrogen (secondary N) is 1. The SMILES string of the molecule is CC1Cc2cc(CC3CCCNC3)ccc2N1C(=O)C1CCCCC1. The van der Waals surface area contributed by atoms with Crippen molar-refractivity contribution in [2.75, 3.05) is 18.0 Å². The largest absolute Gasteiger partial charge is 0.316 e. The van der Waals surface area contributed by atoms with Gasteiger partial charge < -0.3 is 10.2 Å². The second-order valence-electron chi connectivity index (χ2n) is 8.48. The van der Waals surface area contributed by atoms with Crippen LogP contribution in [0, 0.1) is 11.8 Å². The van der Waals surface area contributed by atoms with Gasteiger partial charge >= 0.3 is 0 Å². The van der Waals surface area contributed by atoms with Gasteiger partial charge in [0.15, 0.2) is 0 Å². The summed E-state index contributed by atoms with van der Waals surface area (Å²) in [5.74, 6) is 1.41. The topological polar surface area (TPSA) is 32.3 Å². The first-order valence-electron chi connectivity index (χ1n) is 10.4. The van der Waals surface area contributed by atoms with Crippen LogP contribution in [-0.2, 0) is 17.6 Å². The monoisotopic (exact) mass is 340 g/mol. The number of anilines is 1. The summed E-state index contributed by atoms with van der Waals surface area (Å²) in [7, 11) is 0. The van der Waals surface area contributed by atoms with Gasteiger partial charge in [-0.25, -0.2) is 0 Å². The van der Waals surface area contributed by atoms with Crippen molar-refractivity contribution < 1.29 is 4.79 Å². The molecule has 1 saturated carbocycles. The van der Waals surface area contributed by atoms with Crippen LogP contribution in [0.5, 0.6) is 0 Å². The van der Waals surface area contributed by atoms with E-state index in [0.717, 1.165) is 31.7 Å². The molecule has 1 aromatic rings. The quantitative estimate of drug-likeness (QED) is 0.899. The number of nitrogens with zero attached hydrogens (tertiary/aromatic N) is 1. The highest BCUT2D eigenvalue weighted by Crippen LogP contribution is 2.37. The minimum atomic E-state index is 0.259. The van der Waals surface area contributed by atoms with E-state index in [0.29, 0.717) is 11.9 Å². The summed E-state index contributed by atoms with van der Waals surface area (Å²) >= 11 is 0. The molecule has 0 bridgehead atoms. The predicted molar refractivity (Wildman–Crippen MR) is 103 cm³/mol. The zero-order chi connectivity index (χ0) is 17.2. The Kier molecular flexibility index (Phi) is 5.12. The smallest absolute Gasteiger partial charge is 0.230 e. The minimum Gasteiger partial charge on any atom is -0.316 e. The van der Waals surface area contributed by atoms with E-state index in [1.807, 2.05) is 0 Å². The predicted octanol–water partition coefficient (Wildman–Crippen LogP) is 4.09. The van der Waals surface area contributed by atoms with Crippen LogP contribution in [0.2, 0.25) is 0 Å². The molecule has 2 heterocycles. The Labute approximate surface area is 152 Å². The second-order valence-corrected chi connectivity index (χ2v) is 8.48. The first-order valence-corrected chi connectivity index (χ1v) is 10.4. The van der Waals surface area contributed by atoms with Crippen LogP contribution in [0.15, 0.2) is 18.2 Å². The second kappa shape index (κ2) is 7.49. The highest BCUT2D eigenvalue weighted by atomic mass is 16.2. The molecule has 3 heteroatoms. The first kappa shape index (κ1) is 17.1. The van der Waals surface area contributed by atoms with E-state index < -0.39 is 0 Å². The van der Waals surface area contributed by atoms with Crippen LogP contribution in [0.4, 0.5) is 5.69 Å². The molecule has 1 N–H and O–H groups in total. The number of fused-ring (bicyclic) bond motifs is 1. The van der Waals surface area contributed by atoms with Crippen LogP contribution >= 0.6 is 0 Å². The summed E-state index contributed by atoms with van der Waals surface area (Å²) in [6, 6.07) is 7.20. The maximum Gasteiger partial charge on any atom is 0.230 e. The molecular formula is C22H32N2O. The summed E-state index contributed by atoms with van der Waals surface area (Å²) in [5, 5.41) is 3.52. The number of amides is 1. The molecule has 2 unspecified atom stereocenters. The molecule has 136 valence electrons. The van der Waals surface area contributed by atoms with E-state index in [4.69, 9.17) is 0 Å². The summed E-state index contributed by atoms with van der Waals surface area (Å²) in [6.45, 7) is 4.54. The number of carbonyl (C=O) groups is 1. The lowest BCUT2D eigenvalue weighted by molar-refractivity contribution is -0.123. The molecule has 25 heavy (non-hydrogen) atoms. The van der Waals surface area contributed by atoms with Crippen molar-refractivity contribution in [1.82, 2.24) is 5.32 Å². The van der Waals surface area contributed by atoms with Gasteiger partial charge in [-0.05, 0) is 81.6 Å². The Morgan fingerprint density at radius 1 is 1.16 bits per heavy atom. The van der Waals surface area contributed by atoms with E-state index in [1.165, 1.54) is 61.9 Å². The van der Waals surface area contributed by atoms with Crippen molar-refractivity contribution in [3.8, 4) is 0 Å². The van der Waals surface area contributed by atoms with Crippen LogP contribution in [0.3, 0.4) is 0 Å². The van der Waals surface area contributed by atoms with Gasteiger partial charge in [0.2, 0.25) is 5.91 Å². The van der Waals surface area contributed by atoms with Crippen molar-refractivity contribution in [2.24, 2.45) is 11.8 Å². The molecule has 2 aliphatic heterocycles. The minimum absolute atomic E-state index is 0.259. The third-order valence-corrected chi connectivity index (χ3v) is 6.47. The number of benzene rings is 1. The van der Waals surface area contributed by atoms with Crippen LogP contribution in [0.1, 0.15) is 63.0 Å². The number of hydrogen-bond donors (Lipinski definition) is 1. The van der Waals surface area contributed by atoms with Gasteiger partial charge in [-0.3, -0.25) is 4.79 Å². The fourth-order valence-electron chi connectivity index (χ4n) is 5.13. The van der Waals surface area contributed by atoms with Crippen molar-refractivity contribution >= 4 is 11.6 Å². The molecule has 4 rings (SSSR count). The van der Waals surface area contributed by atoms with Crippen LogP contribution in [0.25, 0.3) is 0 Å². The van der Waals surface area contributed by atoms with Gasteiger partial charge in [-0.2, -0.15) is 0 Å². The standard InChI is InChI=1S/C22H32N2O/c1-16-12-20-14-17(13-18-6-5-11-23-15-18)9-10-21(20)24(16)22(25)19-7-3-2-4-8-19/h9-10,14,16,18-19,23H,2-8,11-13,15H2,1H3. The molecule has 1 aliphatic carbocycles. The Bertz CT molecular complexity index is 614. The molecule has 2 fully saturated rings. The maximum absolute atomic E-state index is 13.1. The lowest BCUT2D eigenvalue weighted by Crippen LogP contribution is -2.40. The third-order valence-electron chi connectivity index (χ3n) is 6.47. The van der Waals surface area contributed by atoms with Crippen LogP contribution in [-0.4, -0.2) is 25.0 Å². The molecule has 0 radical (unpaired) electrons. The number of carbonyl (C=O) groups excluding carboxylic acids is 1. The van der Waals surface area contributed by atoms with Gasteiger partial charge in [0.1, 0.15) is 0 Å². The number of rotatable bonds is 3. The van der Waals surface area contributed by atoms with E-state index in [-0.39, 0.29) is 5.92 Å². The molecule has 1 amide bonds. The van der Waals surface area contributed by atoms with Gasteiger partial charge in [-0.15, -0.1) is 0 Å². The van der Waals surface area contributed by atoms with Gasteiger partial charge in [0.05, 0.1) is 0 Å². The highest BCUT2D eigenvalue weighted by molar-refractivity contribution is 5.97. The zero-order valence-electron chi connectivity index (χ0n) is 15.6. The molecule has 1 aromatic carbocycles. The fraction of sp³-hybridized carbons (Fsp3) is 0.682. The Morgan fingerprint density at radius 3 is 2.76 bits per heavy atom. The molecule has 3 nitrogen and oxygen atoms in total. The molecule has 1 saturated heterocycles.